The molecule has 5 heteroatoms. The lowest BCUT2D eigenvalue weighted by molar-refractivity contribution is -0.111. The predicted octanol–water partition coefficient (Wildman–Crippen LogP) is 3.08. The van der Waals surface area contributed by atoms with Crippen LogP contribution in [-0.2, 0) is 9.63 Å². The van der Waals surface area contributed by atoms with Crippen molar-refractivity contribution in [1.82, 2.24) is 4.90 Å². The van der Waals surface area contributed by atoms with Crippen molar-refractivity contribution in [2.75, 3.05) is 13.7 Å². The van der Waals surface area contributed by atoms with Gasteiger partial charge in [0.2, 0.25) is 0 Å². The van der Waals surface area contributed by atoms with Crippen molar-refractivity contribution in [3.8, 4) is 11.1 Å². The van der Waals surface area contributed by atoms with Crippen LogP contribution >= 0.6 is 0 Å². The Morgan fingerprint density at radius 1 is 1.20 bits per heavy atom. The van der Waals surface area contributed by atoms with Crippen molar-refractivity contribution < 1.29 is 14.4 Å². The number of nitrogens with zero attached hydrogens (tertiary/aromatic N) is 2. The highest BCUT2D eigenvalue weighted by Gasteiger charge is 2.33. The Kier molecular flexibility index (Phi) is 4.93. The molecule has 0 aromatic heterocycles. The van der Waals surface area contributed by atoms with E-state index in [2.05, 4.69) is 24.2 Å². The van der Waals surface area contributed by atoms with Gasteiger partial charge in [0, 0.05) is 12.0 Å². The molecule has 0 aliphatic carbocycles. The number of carbonyl (C=O) groups excluding carboxylic acids is 2. The Morgan fingerprint density at radius 3 is 2.56 bits per heavy atom. The topological polar surface area (TPSA) is 59.0 Å². The fraction of sp³-hybridized carbons (Fsp3) is 0.250. The van der Waals surface area contributed by atoms with E-state index in [-0.39, 0.29) is 5.91 Å². The summed E-state index contributed by atoms with van der Waals surface area (Å²) in [6.07, 6.45) is 1.21. The van der Waals surface area contributed by atoms with Crippen molar-refractivity contribution in [1.29, 1.82) is 0 Å². The van der Waals surface area contributed by atoms with E-state index in [0.717, 1.165) is 17.4 Å². The van der Waals surface area contributed by atoms with Crippen molar-refractivity contribution in [3.05, 3.63) is 59.7 Å². The van der Waals surface area contributed by atoms with Gasteiger partial charge in [0.05, 0.1) is 18.3 Å². The lowest BCUT2D eigenvalue weighted by Crippen LogP contribution is -2.36. The van der Waals surface area contributed by atoms with E-state index < -0.39 is 6.04 Å². The maximum atomic E-state index is 12.8. The van der Waals surface area contributed by atoms with Crippen LogP contribution in [-0.4, -0.2) is 42.5 Å². The van der Waals surface area contributed by atoms with E-state index in [9.17, 15) is 9.59 Å². The summed E-state index contributed by atoms with van der Waals surface area (Å²) >= 11 is 0. The third-order valence-corrected chi connectivity index (χ3v) is 4.42. The zero-order valence-corrected chi connectivity index (χ0v) is 14.3. The van der Waals surface area contributed by atoms with Crippen LogP contribution in [0, 0.1) is 6.92 Å². The fourth-order valence-electron chi connectivity index (χ4n) is 3.12. The van der Waals surface area contributed by atoms with Crippen LogP contribution in [0.15, 0.2) is 53.7 Å². The Morgan fingerprint density at radius 2 is 1.92 bits per heavy atom. The van der Waals surface area contributed by atoms with Gasteiger partial charge in [-0.3, -0.25) is 4.79 Å². The fourth-order valence-corrected chi connectivity index (χ4v) is 3.12. The zero-order chi connectivity index (χ0) is 17.8. The molecule has 0 saturated carbocycles. The summed E-state index contributed by atoms with van der Waals surface area (Å²) in [5.74, 6) is -0.172. The van der Waals surface area contributed by atoms with Crippen LogP contribution in [0.4, 0.5) is 0 Å². The van der Waals surface area contributed by atoms with E-state index >= 15 is 0 Å². The molecule has 25 heavy (non-hydrogen) atoms. The van der Waals surface area contributed by atoms with Crippen LogP contribution in [0.25, 0.3) is 11.1 Å². The zero-order valence-electron chi connectivity index (χ0n) is 14.3. The molecule has 0 radical (unpaired) electrons. The standard InChI is InChI=1S/C20H20N2O3/c1-14-5-3-4-6-19(14)15-7-9-16(10-8-15)20(24)22-12-17(21-25-2)11-18(22)13-23/h3-10,13,18H,11-12H2,1-2H3/b21-17-/t18-/m0/s1. The molecule has 1 heterocycles. The maximum Gasteiger partial charge on any atom is 0.254 e. The number of carbonyl (C=O) groups is 2. The molecule has 1 amide bonds. The van der Waals surface area contributed by atoms with Crippen LogP contribution < -0.4 is 0 Å². The van der Waals surface area contributed by atoms with Crippen molar-refractivity contribution >= 4 is 17.9 Å². The van der Waals surface area contributed by atoms with Gasteiger partial charge in [0.25, 0.3) is 5.91 Å². The molecule has 0 N–H and O–H groups in total. The van der Waals surface area contributed by atoms with E-state index in [1.165, 1.54) is 17.6 Å². The molecule has 1 aliphatic rings. The van der Waals surface area contributed by atoms with E-state index in [1.54, 1.807) is 12.1 Å². The van der Waals surface area contributed by atoms with Gasteiger partial charge < -0.3 is 14.5 Å². The van der Waals surface area contributed by atoms with Crippen molar-refractivity contribution in [2.45, 2.75) is 19.4 Å². The number of rotatable bonds is 4. The third kappa shape index (κ3) is 3.45. The number of amides is 1. The largest absolute Gasteiger partial charge is 0.399 e. The molecule has 128 valence electrons. The van der Waals surface area contributed by atoms with Gasteiger partial charge in [-0.2, -0.15) is 0 Å². The van der Waals surface area contributed by atoms with Crippen LogP contribution in [0.3, 0.4) is 0 Å². The average Bonchev–Trinajstić information content (AvgIpc) is 3.05. The number of hydrogen-bond acceptors (Lipinski definition) is 4. The van der Waals surface area contributed by atoms with Gasteiger partial charge in [-0.25, -0.2) is 0 Å². The third-order valence-electron chi connectivity index (χ3n) is 4.42. The number of oxime groups is 1. The van der Waals surface area contributed by atoms with Crippen molar-refractivity contribution in [3.63, 3.8) is 0 Å². The summed E-state index contributed by atoms with van der Waals surface area (Å²) in [4.78, 5) is 30.3. The highest BCUT2D eigenvalue weighted by atomic mass is 16.6. The molecule has 0 unspecified atom stereocenters. The SMILES string of the molecule is CO/N=C1/C[C@@H](C=O)N(C(=O)c2ccc(-c3ccccc3C)cc2)C1. The van der Waals surface area contributed by atoms with Crippen molar-refractivity contribution in [2.24, 2.45) is 5.16 Å². The highest BCUT2D eigenvalue weighted by Crippen LogP contribution is 2.24. The number of benzene rings is 2. The maximum absolute atomic E-state index is 12.8. The highest BCUT2D eigenvalue weighted by molar-refractivity contribution is 6.03. The number of aldehydes is 1. The molecule has 1 saturated heterocycles. The number of likely N-dealkylation sites (tertiary alicyclic amines) is 1. The Hall–Kier alpha value is -2.95. The summed E-state index contributed by atoms with van der Waals surface area (Å²) in [5.41, 5.74) is 4.64. The first-order valence-electron chi connectivity index (χ1n) is 8.15. The first kappa shape index (κ1) is 16.9. The summed E-state index contributed by atoms with van der Waals surface area (Å²) in [6, 6.07) is 15.1. The molecule has 3 rings (SSSR count). The Labute approximate surface area is 146 Å². The van der Waals surface area contributed by atoms with Crippen LogP contribution in [0.5, 0.6) is 0 Å². The second-order valence-electron chi connectivity index (χ2n) is 6.07. The molecule has 2 aromatic carbocycles. The molecule has 2 aromatic rings. The number of aryl methyl sites for hydroxylation is 1. The minimum absolute atomic E-state index is 0.172. The molecule has 1 atom stereocenters. The van der Waals surface area contributed by atoms with Gasteiger partial charge in [0.15, 0.2) is 0 Å². The lowest BCUT2D eigenvalue weighted by atomic mass is 9.99. The van der Waals surface area contributed by atoms with Crippen LogP contribution in [0.2, 0.25) is 0 Å². The molecular formula is C20H20N2O3. The molecule has 0 spiro atoms. The average molecular weight is 336 g/mol. The van der Waals surface area contributed by atoms with E-state index in [0.29, 0.717) is 24.2 Å². The molecule has 0 bridgehead atoms. The van der Waals surface area contributed by atoms with Gasteiger partial charge in [-0.05, 0) is 35.7 Å². The second-order valence-corrected chi connectivity index (χ2v) is 6.07. The smallest absolute Gasteiger partial charge is 0.254 e. The minimum Gasteiger partial charge on any atom is -0.399 e. The van der Waals surface area contributed by atoms with Gasteiger partial charge in [-0.15, -0.1) is 0 Å². The molecule has 5 nitrogen and oxygen atoms in total. The summed E-state index contributed by atoms with van der Waals surface area (Å²) < 4.78 is 0. The lowest BCUT2D eigenvalue weighted by Gasteiger charge is -2.19. The predicted molar refractivity (Wildman–Crippen MR) is 96.6 cm³/mol. The quantitative estimate of drug-likeness (QED) is 0.637. The van der Waals surface area contributed by atoms with E-state index in [1.807, 2.05) is 24.3 Å². The molecular weight excluding hydrogens is 316 g/mol. The first-order valence-corrected chi connectivity index (χ1v) is 8.15. The second kappa shape index (κ2) is 7.30. The normalized spacial score (nSPS) is 18.4. The Bertz CT molecular complexity index is 812. The van der Waals surface area contributed by atoms with E-state index in [4.69, 9.17) is 4.84 Å². The van der Waals surface area contributed by atoms with Gasteiger partial charge in [0.1, 0.15) is 13.4 Å². The molecule has 1 aliphatic heterocycles. The minimum atomic E-state index is -0.488. The summed E-state index contributed by atoms with van der Waals surface area (Å²) in [6.45, 7) is 2.37. The summed E-state index contributed by atoms with van der Waals surface area (Å²) in [5, 5.41) is 3.88. The van der Waals surface area contributed by atoms with Gasteiger partial charge >= 0.3 is 0 Å². The van der Waals surface area contributed by atoms with Gasteiger partial charge in [-0.1, -0.05) is 41.6 Å². The van der Waals surface area contributed by atoms with Crippen LogP contribution in [0.1, 0.15) is 22.3 Å². The number of hydrogen-bond donors (Lipinski definition) is 0. The summed E-state index contributed by atoms with van der Waals surface area (Å²) in [7, 11) is 1.46. The molecule has 1 fully saturated rings. The monoisotopic (exact) mass is 336 g/mol. The first-order chi connectivity index (χ1) is 12.1. The Balaban J connectivity index is 1.82.